The molecule has 0 saturated carbocycles. The SMILES string of the molecule is CCc1ccsc1C(=O)N(C)Cc1ccc(O)cc1. The molecule has 2 aromatic rings. The Morgan fingerprint density at radius 2 is 1.95 bits per heavy atom. The molecule has 0 unspecified atom stereocenters. The van der Waals surface area contributed by atoms with Crippen LogP contribution < -0.4 is 0 Å². The minimum absolute atomic E-state index is 0.0555. The molecule has 1 heterocycles. The average molecular weight is 275 g/mol. The zero-order valence-corrected chi connectivity index (χ0v) is 11.9. The number of benzene rings is 1. The third kappa shape index (κ3) is 3.15. The highest BCUT2D eigenvalue weighted by molar-refractivity contribution is 7.12. The number of hydrogen-bond acceptors (Lipinski definition) is 3. The topological polar surface area (TPSA) is 40.5 Å². The van der Waals surface area contributed by atoms with Crippen molar-refractivity contribution in [3.8, 4) is 5.75 Å². The third-order valence-electron chi connectivity index (χ3n) is 3.02. The van der Waals surface area contributed by atoms with E-state index >= 15 is 0 Å². The van der Waals surface area contributed by atoms with Gasteiger partial charge in [-0.05, 0) is 41.1 Å². The van der Waals surface area contributed by atoms with Gasteiger partial charge in [-0.3, -0.25) is 4.79 Å². The predicted octanol–water partition coefficient (Wildman–Crippen LogP) is 3.29. The lowest BCUT2D eigenvalue weighted by Gasteiger charge is -2.17. The number of amides is 1. The highest BCUT2D eigenvalue weighted by atomic mass is 32.1. The summed E-state index contributed by atoms with van der Waals surface area (Å²) in [4.78, 5) is 14.9. The van der Waals surface area contributed by atoms with Crippen LogP contribution in [0.3, 0.4) is 0 Å². The van der Waals surface area contributed by atoms with E-state index < -0.39 is 0 Å². The standard InChI is InChI=1S/C15H17NO2S/c1-3-12-8-9-19-14(12)15(18)16(2)10-11-4-6-13(17)7-5-11/h4-9,17H,3,10H2,1-2H3. The molecular formula is C15H17NO2S. The van der Waals surface area contributed by atoms with E-state index in [9.17, 15) is 9.90 Å². The second-order valence-electron chi connectivity index (χ2n) is 4.46. The first-order valence-corrected chi connectivity index (χ1v) is 7.09. The van der Waals surface area contributed by atoms with Gasteiger partial charge in [0.2, 0.25) is 0 Å². The summed E-state index contributed by atoms with van der Waals surface area (Å²) < 4.78 is 0. The van der Waals surface area contributed by atoms with Crippen LogP contribution in [0.2, 0.25) is 0 Å². The summed E-state index contributed by atoms with van der Waals surface area (Å²) in [6, 6.07) is 8.93. The van der Waals surface area contributed by atoms with Crippen molar-refractivity contribution in [2.75, 3.05) is 7.05 Å². The Kier molecular flexibility index (Phi) is 4.22. The maximum atomic E-state index is 12.3. The number of aryl methyl sites for hydroxylation is 1. The number of thiophene rings is 1. The lowest BCUT2D eigenvalue weighted by atomic mass is 10.1. The number of carbonyl (C=O) groups excluding carboxylic acids is 1. The van der Waals surface area contributed by atoms with Crippen molar-refractivity contribution in [2.24, 2.45) is 0 Å². The van der Waals surface area contributed by atoms with Crippen LogP contribution in [0.15, 0.2) is 35.7 Å². The van der Waals surface area contributed by atoms with Crippen molar-refractivity contribution in [2.45, 2.75) is 19.9 Å². The van der Waals surface area contributed by atoms with Gasteiger partial charge in [0.15, 0.2) is 0 Å². The summed E-state index contributed by atoms with van der Waals surface area (Å²) >= 11 is 1.49. The minimum Gasteiger partial charge on any atom is -0.508 e. The van der Waals surface area contributed by atoms with Crippen molar-refractivity contribution in [3.63, 3.8) is 0 Å². The molecule has 0 spiro atoms. The normalized spacial score (nSPS) is 10.4. The molecule has 1 N–H and O–H groups in total. The Morgan fingerprint density at radius 3 is 2.58 bits per heavy atom. The van der Waals surface area contributed by atoms with Crippen molar-refractivity contribution < 1.29 is 9.90 Å². The van der Waals surface area contributed by atoms with E-state index in [1.54, 1.807) is 24.1 Å². The van der Waals surface area contributed by atoms with E-state index in [4.69, 9.17) is 0 Å². The summed E-state index contributed by atoms with van der Waals surface area (Å²) in [7, 11) is 1.80. The zero-order valence-electron chi connectivity index (χ0n) is 11.1. The molecule has 1 aromatic heterocycles. The largest absolute Gasteiger partial charge is 0.508 e. The molecule has 19 heavy (non-hydrogen) atoms. The molecule has 100 valence electrons. The Hall–Kier alpha value is -1.81. The maximum Gasteiger partial charge on any atom is 0.264 e. The molecule has 3 nitrogen and oxygen atoms in total. The van der Waals surface area contributed by atoms with Crippen molar-refractivity contribution in [1.82, 2.24) is 4.90 Å². The zero-order chi connectivity index (χ0) is 13.8. The fourth-order valence-corrected chi connectivity index (χ4v) is 2.91. The number of rotatable bonds is 4. The quantitative estimate of drug-likeness (QED) is 0.930. The first kappa shape index (κ1) is 13.6. The predicted molar refractivity (Wildman–Crippen MR) is 77.6 cm³/mol. The van der Waals surface area contributed by atoms with E-state index in [0.29, 0.717) is 6.54 Å². The summed E-state index contributed by atoms with van der Waals surface area (Å²) in [6.07, 6.45) is 0.873. The molecule has 0 aliphatic carbocycles. The van der Waals surface area contributed by atoms with E-state index in [-0.39, 0.29) is 11.7 Å². The first-order chi connectivity index (χ1) is 9.11. The van der Waals surface area contributed by atoms with Crippen molar-refractivity contribution in [3.05, 3.63) is 51.7 Å². The number of aromatic hydroxyl groups is 1. The van der Waals surface area contributed by atoms with Gasteiger partial charge in [0.25, 0.3) is 5.91 Å². The minimum atomic E-state index is 0.0555. The van der Waals surface area contributed by atoms with Gasteiger partial charge >= 0.3 is 0 Å². The molecule has 0 atom stereocenters. The van der Waals surface area contributed by atoms with Gasteiger partial charge in [-0.1, -0.05) is 19.1 Å². The molecular weight excluding hydrogens is 258 g/mol. The first-order valence-electron chi connectivity index (χ1n) is 6.21. The van der Waals surface area contributed by atoms with E-state index in [2.05, 4.69) is 6.92 Å². The average Bonchev–Trinajstić information content (AvgIpc) is 2.88. The van der Waals surface area contributed by atoms with Crippen LogP contribution in [-0.2, 0) is 13.0 Å². The van der Waals surface area contributed by atoms with Gasteiger partial charge in [0.05, 0.1) is 4.88 Å². The second-order valence-corrected chi connectivity index (χ2v) is 5.37. The number of carbonyl (C=O) groups is 1. The highest BCUT2D eigenvalue weighted by Gasteiger charge is 2.16. The van der Waals surface area contributed by atoms with Gasteiger partial charge in [0.1, 0.15) is 5.75 Å². The van der Waals surface area contributed by atoms with Gasteiger partial charge in [-0.2, -0.15) is 0 Å². The van der Waals surface area contributed by atoms with Crippen LogP contribution >= 0.6 is 11.3 Å². The van der Waals surface area contributed by atoms with Crippen LogP contribution in [-0.4, -0.2) is 23.0 Å². The molecule has 1 amide bonds. The molecule has 4 heteroatoms. The monoisotopic (exact) mass is 275 g/mol. The molecule has 0 fully saturated rings. The van der Waals surface area contributed by atoms with Gasteiger partial charge in [-0.15, -0.1) is 11.3 Å². The maximum absolute atomic E-state index is 12.3. The Balaban J connectivity index is 2.09. The smallest absolute Gasteiger partial charge is 0.264 e. The molecule has 1 aromatic carbocycles. The van der Waals surface area contributed by atoms with Crippen LogP contribution in [0.1, 0.15) is 27.7 Å². The molecule has 0 saturated heterocycles. The van der Waals surface area contributed by atoms with Crippen LogP contribution in [0.25, 0.3) is 0 Å². The summed E-state index contributed by atoms with van der Waals surface area (Å²) in [5.41, 5.74) is 2.11. The fraction of sp³-hybridized carbons (Fsp3) is 0.267. The number of phenols is 1. The Labute approximate surface area is 117 Å². The van der Waals surface area contributed by atoms with Gasteiger partial charge in [0, 0.05) is 13.6 Å². The molecule has 0 aliphatic heterocycles. The van der Waals surface area contributed by atoms with Crippen LogP contribution in [0, 0.1) is 0 Å². The number of hydrogen-bond donors (Lipinski definition) is 1. The molecule has 0 radical (unpaired) electrons. The van der Waals surface area contributed by atoms with E-state index in [0.717, 1.165) is 22.4 Å². The number of phenolic OH excluding ortho intramolecular Hbond substituents is 1. The number of nitrogens with zero attached hydrogens (tertiary/aromatic N) is 1. The van der Waals surface area contributed by atoms with E-state index in [1.807, 2.05) is 23.6 Å². The molecule has 2 rings (SSSR count). The highest BCUT2D eigenvalue weighted by Crippen LogP contribution is 2.20. The van der Waals surface area contributed by atoms with Crippen molar-refractivity contribution >= 4 is 17.2 Å². The Bertz CT molecular complexity index is 560. The Morgan fingerprint density at radius 1 is 1.26 bits per heavy atom. The lowest BCUT2D eigenvalue weighted by Crippen LogP contribution is -2.26. The summed E-state index contributed by atoms with van der Waals surface area (Å²) in [6.45, 7) is 2.60. The second kappa shape index (κ2) is 5.89. The fourth-order valence-electron chi connectivity index (χ4n) is 1.92. The molecule has 0 aliphatic rings. The van der Waals surface area contributed by atoms with Gasteiger partial charge in [-0.25, -0.2) is 0 Å². The third-order valence-corrected chi connectivity index (χ3v) is 3.97. The van der Waals surface area contributed by atoms with Crippen molar-refractivity contribution in [1.29, 1.82) is 0 Å². The summed E-state index contributed by atoms with van der Waals surface area (Å²) in [5, 5.41) is 11.2. The lowest BCUT2D eigenvalue weighted by molar-refractivity contribution is 0.0789. The van der Waals surface area contributed by atoms with Crippen LogP contribution in [0.4, 0.5) is 0 Å². The van der Waals surface area contributed by atoms with Gasteiger partial charge < -0.3 is 10.0 Å². The summed E-state index contributed by atoms with van der Waals surface area (Å²) in [5.74, 6) is 0.296. The van der Waals surface area contributed by atoms with Crippen LogP contribution in [0.5, 0.6) is 5.75 Å². The molecule has 0 bridgehead atoms. The van der Waals surface area contributed by atoms with E-state index in [1.165, 1.54) is 11.3 Å².